The van der Waals surface area contributed by atoms with Gasteiger partial charge in [0.2, 0.25) is 10.0 Å². The van der Waals surface area contributed by atoms with Crippen molar-refractivity contribution in [2.45, 2.75) is 24.9 Å². The minimum atomic E-state index is -3.72. The SMILES string of the molecule is COc1ccc(Br)c(CN(Cc2ccccc2Br)S(=O)(=O)c2ccc(C)cc2)c1. The van der Waals surface area contributed by atoms with Crippen LogP contribution in [-0.2, 0) is 23.1 Å². The molecule has 3 aromatic rings. The molecule has 0 radical (unpaired) electrons. The third-order valence-electron chi connectivity index (χ3n) is 4.56. The van der Waals surface area contributed by atoms with Crippen LogP contribution in [0.4, 0.5) is 0 Å². The van der Waals surface area contributed by atoms with Crippen molar-refractivity contribution >= 4 is 41.9 Å². The van der Waals surface area contributed by atoms with Crippen LogP contribution in [0.1, 0.15) is 16.7 Å². The fourth-order valence-electron chi connectivity index (χ4n) is 2.89. The van der Waals surface area contributed by atoms with Crippen LogP contribution in [0, 0.1) is 6.92 Å². The van der Waals surface area contributed by atoms with Gasteiger partial charge in [0.05, 0.1) is 12.0 Å². The molecule has 7 heteroatoms. The van der Waals surface area contributed by atoms with E-state index in [0.29, 0.717) is 5.75 Å². The predicted octanol–water partition coefficient (Wildman–Crippen LogP) is 5.92. The van der Waals surface area contributed by atoms with Gasteiger partial charge in [0.1, 0.15) is 5.75 Å². The van der Waals surface area contributed by atoms with Gasteiger partial charge < -0.3 is 4.74 Å². The Hall–Kier alpha value is -1.67. The number of nitrogens with zero attached hydrogens (tertiary/aromatic N) is 1. The van der Waals surface area contributed by atoms with Crippen molar-refractivity contribution < 1.29 is 13.2 Å². The minimum absolute atomic E-state index is 0.204. The molecule has 0 saturated carbocycles. The summed E-state index contributed by atoms with van der Waals surface area (Å²) >= 11 is 7.06. The quantitative estimate of drug-likeness (QED) is 0.375. The van der Waals surface area contributed by atoms with E-state index in [9.17, 15) is 8.42 Å². The summed E-state index contributed by atoms with van der Waals surface area (Å²) < 4.78 is 35.5. The standard InChI is InChI=1S/C22H21Br2NO3S/c1-16-7-10-20(11-8-16)29(26,27)25(14-17-5-3-4-6-21(17)23)15-18-13-19(28-2)9-12-22(18)24/h3-13H,14-15H2,1-2H3. The van der Waals surface area contributed by atoms with Crippen molar-refractivity contribution in [3.63, 3.8) is 0 Å². The number of ether oxygens (including phenoxy) is 1. The molecule has 3 rings (SSSR count). The number of benzene rings is 3. The van der Waals surface area contributed by atoms with E-state index >= 15 is 0 Å². The molecule has 3 aromatic carbocycles. The maximum Gasteiger partial charge on any atom is 0.243 e. The molecule has 0 bridgehead atoms. The summed E-state index contributed by atoms with van der Waals surface area (Å²) in [6, 6.07) is 20.1. The summed E-state index contributed by atoms with van der Waals surface area (Å²) in [6.45, 7) is 2.37. The Bertz CT molecular complexity index is 1100. The number of methoxy groups -OCH3 is 1. The molecule has 0 unspecified atom stereocenters. The zero-order valence-electron chi connectivity index (χ0n) is 16.1. The molecule has 0 saturated heterocycles. The Morgan fingerprint density at radius 3 is 2.14 bits per heavy atom. The molecule has 152 valence electrons. The smallest absolute Gasteiger partial charge is 0.243 e. The Kier molecular flexibility index (Phi) is 7.16. The molecule has 0 aliphatic heterocycles. The Morgan fingerprint density at radius 1 is 0.862 bits per heavy atom. The van der Waals surface area contributed by atoms with Crippen LogP contribution in [0.15, 0.2) is 80.6 Å². The van der Waals surface area contributed by atoms with Gasteiger partial charge in [-0.15, -0.1) is 0 Å². The lowest BCUT2D eigenvalue weighted by Crippen LogP contribution is -2.30. The van der Waals surface area contributed by atoms with Crippen molar-refractivity contribution in [2.75, 3.05) is 7.11 Å². The summed E-state index contributed by atoms with van der Waals surface area (Å²) in [5.41, 5.74) is 2.73. The van der Waals surface area contributed by atoms with Gasteiger partial charge in [-0.05, 0) is 54.4 Å². The number of rotatable bonds is 7. The van der Waals surface area contributed by atoms with E-state index in [1.165, 1.54) is 4.31 Å². The minimum Gasteiger partial charge on any atom is -0.497 e. The van der Waals surface area contributed by atoms with Crippen LogP contribution in [-0.4, -0.2) is 19.8 Å². The Balaban J connectivity index is 2.04. The molecule has 0 atom stereocenters. The number of aryl methyl sites for hydroxylation is 1. The Labute approximate surface area is 188 Å². The first-order valence-electron chi connectivity index (χ1n) is 8.94. The molecular formula is C22H21Br2NO3S. The zero-order valence-corrected chi connectivity index (χ0v) is 20.1. The summed E-state index contributed by atoms with van der Waals surface area (Å²) in [5.74, 6) is 0.678. The number of hydrogen-bond acceptors (Lipinski definition) is 3. The van der Waals surface area contributed by atoms with Gasteiger partial charge in [0.15, 0.2) is 0 Å². The molecule has 0 heterocycles. The number of halogens is 2. The van der Waals surface area contributed by atoms with Gasteiger partial charge in [0, 0.05) is 22.0 Å². The van der Waals surface area contributed by atoms with Crippen molar-refractivity contribution in [1.82, 2.24) is 4.31 Å². The van der Waals surface area contributed by atoms with E-state index in [2.05, 4.69) is 31.9 Å². The largest absolute Gasteiger partial charge is 0.497 e. The average molecular weight is 539 g/mol. The van der Waals surface area contributed by atoms with Crippen LogP contribution in [0.2, 0.25) is 0 Å². The van der Waals surface area contributed by atoms with E-state index in [-0.39, 0.29) is 18.0 Å². The van der Waals surface area contributed by atoms with Crippen LogP contribution < -0.4 is 4.74 Å². The highest BCUT2D eigenvalue weighted by atomic mass is 79.9. The Morgan fingerprint density at radius 2 is 1.48 bits per heavy atom. The fourth-order valence-corrected chi connectivity index (χ4v) is 5.07. The molecule has 0 aromatic heterocycles. The summed E-state index contributed by atoms with van der Waals surface area (Å²) in [5, 5.41) is 0. The first-order valence-corrected chi connectivity index (χ1v) is 12.0. The highest BCUT2D eigenvalue weighted by molar-refractivity contribution is 9.10. The average Bonchev–Trinajstić information content (AvgIpc) is 2.70. The van der Waals surface area contributed by atoms with Crippen LogP contribution >= 0.6 is 31.9 Å². The molecule has 0 N–H and O–H groups in total. The van der Waals surface area contributed by atoms with Crippen molar-refractivity contribution in [2.24, 2.45) is 0 Å². The summed E-state index contributed by atoms with van der Waals surface area (Å²) in [7, 11) is -2.12. The zero-order chi connectivity index (χ0) is 21.0. The maximum atomic E-state index is 13.5. The molecule has 0 fully saturated rings. The third-order valence-corrected chi connectivity index (χ3v) is 7.92. The molecule has 0 spiro atoms. The lowest BCUT2D eigenvalue weighted by atomic mass is 10.2. The van der Waals surface area contributed by atoms with Gasteiger partial charge in [-0.2, -0.15) is 4.31 Å². The number of sulfonamides is 1. The van der Waals surface area contributed by atoms with E-state index in [0.717, 1.165) is 25.6 Å². The first kappa shape index (κ1) is 22.0. The molecular weight excluding hydrogens is 518 g/mol. The topological polar surface area (TPSA) is 46.6 Å². The summed E-state index contributed by atoms with van der Waals surface area (Å²) in [6.07, 6.45) is 0. The number of hydrogen-bond donors (Lipinski definition) is 0. The van der Waals surface area contributed by atoms with Crippen LogP contribution in [0.3, 0.4) is 0 Å². The third kappa shape index (κ3) is 5.28. The second-order valence-corrected chi connectivity index (χ2v) is 10.3. The molecule has 4 nitrogen and oxygen atoms in total. The van der Waals surface area contributed by atoms with Gasteiger partial charge in [-0.3, -0.25) is 0 Å². The second kappa shape index (κ2) is 9.43. The highest BCUT2D eigenvalue weighted by Gasteiger charge is 2.26. The lowest BCUT2D eigenvalue weighted by molar-refractivity contribution is 0.394. The van der Waals surface area contributed by atoms with Gasteiger partial charge >= 0.3 is 0 Å². The first-order chi connectivity index (χ1) is 13.8. The molecule has 0 amide bonds. The van der Waals surface area contributed by atoms with Gasteiger partial charge in [0.25, 0.3) is 0 Å². The van der Waals surface area contributed by atoms with Gasteiger partial charge in [-0.25, -0.2) is 8.42 Å². The van der Waals surface area contributed by atoms with E-state index < -0.39 is 10.0 Å². The van der Waals surface area contributed by atoms with Crippen LogP contribution in [0.5, 0.6) is 5.75 Å². The monoisotopic (exact) mass is 537 g/mol. The van der Waals surface area contributed by atoms with Crippen molar-refractivity contribution in [3.8, 4) is 5.75 Å². The van der Waals surface area contributed by atoms with Crippen molar-refractivity contribution in [3.05, 3.63) is 92.4 Å². The van der Waals surface area contributed by atoms with E-state index in [1.807, 2.05) is 61.5 Å². The maximum absolute atomic E-state index is 13.5. The predicted molar refractivity (Wildman–Crippen MR) is 122 cm³/mol. The fraction of sp³-hybridized carbons (Fsp3) is 0.182. The van der Waals surface area contributed by atoms with E-state index in [1.54, 1.807) is 19.2 Å². The van der Waals surface area contributed by atoms with E-state index in [4.69, 9.17) is 4.74 Å². The van der Waals surface area contributed by atoms with Crippen molar-refractivity contribution in [1.29, 1.82) is 0 Å². The van der Waals surface area contributed by atoms with Gasteiger partial charge in [-0.1, -0.05) is 67.8 Å². The molecule has 29 heavy (non-hydrogen) atoms. The normalized spacial score (nSPS) is 11.6. The van der Waals surface area contributed by atoms with Crippen LogP contribution in [0.25, 0.3) is 0 Å². The summed E-state index contributed by atoms with van der Waals surface area (Å²) in [4.78, 5) is 0.272. The molecule has 0 aliphatic rings. The second-order valence-electron chi connectivity index (χ2n) is 6.63. The lowest BCUT2D eigenvalue weighted by Gasteiger charge is -2.24. The highest BCUT2D eigenvalue weighted by Crippen LogP contribution is 2.29. The molecule has 0 aliphatic carbocycles.